The highest BCUT2D eigenvalue weighted by molar-refractivity contribution is 5.81. The fourth-order valence-electron chi connectivity index (χ4n) is 1.80. The van der Waals surface area contributed by atoms with Crippen molar-refractivity contribution in [2.75, 3.05) is 25.5 Å². The van der Waals surface area contributed by atoms with Crippen LogP contribution in [0.1, 0.15) is 19.8 Å². The average Bonchev–Trinajstić information content (AvgIpc) is 3.21. The zero-order chi connectivity index (χ0) is 13.0. The van der Waals surface area contributed by atoms with Gasteiger partial charge in [0.2, 0.25) is 5.91 Å². The number of hydrogen-bond acceptors (Lipinski definition) is 3. The van der Waals surface area contributed by atoms with E-state index in [9.17, 15) is 4.79 Å². The molecule has 0 bridgehead atoms. The highest BCUT2D eigenvalue weighted by Crippen LogP contribution is 2.25. The third-order valence-electron chi connectivity index (χ3n) is 3.10. The summed E-state index contributed by atoms with van der Waals surface area (Å²) in [4.78, 5) is 13.6. The Bertz CT molecular complexity index is 399. The van der Waals surface area contributed by atoms with Crippen molar-refractivity contribution in [3.63, 3.8) is 0 Å². The van der Waals surface area contributed by atoms with Gasteiger partial charge in [-0.1, -0.05) is 0 Å². The molecule has 1 N–H and O–H groups in total. The van der Waals surface area contributed by atoms with Crippen LogP contribution in [0.15, 0.2) is 24.3 Å². The molecule has 4 nitrogen and oxygen atoms in total. The number of amides is 1. The summed E-state index contributed by atoms with van der Waals surface area (Å²) in [6.07, 6.45) is 2.29. The first-order valence-corrected chi connectivity index (χ1v) is 6.43. The summed E-state index contributed by atoms with van der Waals surface area (Å²) in [6.45, 7) is 2.97. The van der Waals surface area contributed by atoms with Crippen molar-refractivity contribution < 1.29 is 9.53 Å². The van der Waals surface area contributed by atoms with Gasteiger partial charge in [-0.2, -0.15) is 0 Å². The van der Waals surface area contributed by atoms with Crippen LogP contribution >= 0.6 is 0 Å². The summed E-state index contributed by atoms with van der Waals surface area (Å²) < 4.78 is 5.36. The molecule has 0 aliphatic heterocycles. The first-order chi connectivity index (χ1) is 8.70. The van der Waals surface area contributed by atoms with Crippen LogP contribution in [0.5, 0.6) is 5.75 Å². The predicted octanol–water partition coefficient (Wildman–Crippen LogP) is 2.12. The number of rotatable bonds is 6. The third kappa shape index (κ3) is 3.39. The number of anilines is 1. The molecule has 0 radical (unpaired) electrons. The maximum absolute atomic E-state index is 11.8. The largest absolute Gasteiger partial charge is 0.494 e. The third-order valence-corrected chi connectivity index (χ3v) is 3.10. The zero-order valence-electron chi connectivity index (χ0n) is 11.0. The lowest BCUT2D eigenvalue weighted by Crippen LogP contribution is -2.33. The molecule has 1 saturated carbocycles. The second-order valence-electron chi connectivity index (χ2n) is 4.55. The topological polar surface area (TPSA) is 41.6 Å². The van der Waals surface area contributed by atoms with Crippen LogP contribution in [-0.2, 0) is 4.79 Å². The van der Waals surface area contributed by atoms with Gasteiger partial charge in [0.05, 0.1) is 13.2 Å². The summed E-state index contributed by atoms with van der Waals surface area (Å²) >= 11 is 0. The molecule has 18 heavy (non-hydrogen) atoms. The van der Waals surface area contributed by atoms with Gasteiger partial charge in [0.25, 0.3) is 0 Å². The Hall–Kier alpha value is -1.71. The minimum absolute atomic E-state index is 0.145. The van der Waals surface area contributed by atoms with Crippen molar-refractivity contribution in [3.05, 3.63) is 24.3 Å². The number of carbonyl (C=O) groups is 1. The van der Waals surface area contributed by atoms with Crippen LogP contribution < -0.4 is 10.1 Å². The number of likely N-dealkylation sites (N-methyl/N-ethyl adjacent to an activating group) is 1. The van der Waals surface area contributed by atoms with Gasteiger partial charge in [-0.05, 0) is 44.0 Å². The molecular formula is C14H20N2O2. The van der Waals surface area contributed by atoms with Crippen LogP contribution in [0.25, 0.3) is 0 Å². The summed E-state index contributed by atoms with van der Waals surface area (Å²) in [5.74, 6) is 0.996. The highest BCUT2D eigenvalue weighted by Gasteiger charge is 2.29. The van der Waals surface area contributed by atoms with Crippen LogP contribution in [-0.4, -0.2) is 37.0 Å². The standard InChI is InChI=1S/C14H20N2O2/c1-3-18-13-8-4-11(5-9-13)15-10-14(17)16(2)12-6-7-12/h4-5,8-9,12,15H,3,6-7,10H2,1-2H3. The first-order valence-electron chi connectivity index (χ1n) is 6.43. The maximum Gasteiger partial charge on any atom is 0.241 e. The van der Waals surface area contributed by atoms with E-state index < -0.39 is 0 Å². The molecule has 1 fully saturated rings. The van der Waals surface area contributed by atoms with E-state index in [-0.39, 0.29) is 5.91 Å². The van der Waals surface area contributed by atoms with E-state index in [4.69, 9.17) is 4.74 Å². The van der Waals surface area contributed by atoms with E-state index in [0.717, 1.165) is 24.3 Å². The SMILES string of the molecule is CCOc1ccc(NCC(=O)N(C)C2CC2)cc1. The Balaban J connectivity index is 1.80. The van der Waals surface area contributed by atoms with Gasteiger partial charge in [-0.3, -0.25) is 4.79 Å². The second-order valence-corrected chi connectivity index (χ2v) is 4.55. The minimum atomic E-state index is 0.145. The van der Waals surface area contributed by atoms with Gasteiger partial charge in [0.1, 0.15) is 5.75 Å². The van der Waals surface area contributed by atoms with E-state index in [1.54, 1.807) is 0 Å². The second kappa shape index (κ2) is 5.76. The Morgan fingerprint density at radius 2 is 2.06 bits per heavy atom. The fraction of sp³-hybridized carbons (Fsp3) is 0.500. The number of hydrogen-bond donors (Lipinski definition) is 1. The Morgan fingerprint density at radius 1 is 1.39 bits per heavy atom. The van der Waals surface area contributed by atoms with Crippen molar-refractivity contribution in [3.8, 4) is 5.75 Å². The van der Waals surface area contributed by atoms with Crippen LogP contribution in [0.2, 0.25) is 0 Å². The zero-order valence-corrected chi connectivity index (χ0v) is 11.0. The van der Waals surface area contributed by atoms with Gasteiger partial charge < -0.3 is 15.0 Å². The van der Waals surface area contributed by atoms with E-state index in [1.165, 1.54) is 0 Å². The summed E-state index contributed by atoms with van der Waals surface area (Å²) in [7, 11) is 1.87. The molecule has 0 spiro atoms. The Morgan fingerprint density at radius 3 is 2.61 bits per heavy atom. The predicted molar refractivity (Wildman–Crippen MR) is 71.9 cm³/mol. The van der Waals surface area contributed by atoms with E-state index in [0.29, 0.717) is 19.2 Å². The molecule has 0 saturated heterocycles. The normalized spacial score (nSPS) is 14.1. The number of nitrogens with zero attached hydrogens (tertiary/aromatic N) is 1. The fourth-order valence-corrected chi connectivity index (χ4v) is 1.80. The van der Waals surface area contributed by atoms with Crippen molar-refractivity contribution in [1.82, 2.24) is 4.90 Å². The van der Waals surface area contributed by atoms with E-state index in [2.05, 4.69) is 5.32 Å². The molecule has 1 aromatic rings. The molecule has 98 valence electrons. The molecule has 0 unspecified atom stereocenters. The Kier molecular flexibility index (Phi) is 4.07. The summed E-state index contributed by atoms with van der Waals surface area (Å²) in [5, 5.41) is 3.13. The molecule has 4 heteroatoms. The molecule has 1 aliphatic carbocycles. The molecule has 1 aliphatic rings. The quantitative estimate of drug-likeness (QED) is 0.838. The molecule has 1 amide bonds. The van der Waals surface area contributed by atoms with Gasteiger partial charge in [-0.15, -0.1) is 0 Å². The Labute approximate surface area is 108 Å². The molecule has 0 heterocycles. The molecule has 0 atom stereocenters. The summed E-state index contributed by atoms with van der Waals surface area (Å²) in [5.41, 5.74) is 0.941. The minimum Gasteiger partial charge on any atom is -0.494 e. The summed E-state index contributed by atoms with van der Waals surface area (Å²) in [6, 6.07) is 8.13. The lowest BCUT2D eigenvalue weighted by molar-refractivity contribution is -0.128. The lowest BCUT2D eigenvalue weighted by Gasteiger charge is -2.17. The van der Waals surface area contributed by atoms with Crippen molar-refractivity contribution in [2.45, 2.75) is 25.8 Å². The van der Waals surface area contributed by atoms with Crippen LogP contribution in [0.4, 0.5) is 5.69 Å². The van der Waals surface area contributed by atoms with Crippen molar-refractivity contribution in [2.24, 2.45) is 0 Å². The number of carbonyl (C=O) groups excluding carboxylic acids is 1. The lowest BCUT2D eigenvalue weighted by atomic mass is 10.3. The molecule has 0 aromatic heterocycles. The van der Waals surface area contributed by atoms with Crippen molar-refractivity contribution >= 4 is 11.6 Å². The van der Waals surface area contributed by atoms with Gasteiger partial charge in [-0.25, -0.2) is 0 Å². The van der Waals surface area contributed by atoms with Gasteiger partial charge >= 0.3 is 0 Å². The van der Waals surface area contributed by atoms with Crippen LogP contribution in [0, 0.1) is 0 Å². The van der Waals surface area contributed by atoms with Gasteiger partial charge in [0.15, 0.2) is 0 Å². The van der Waals surface area contributed by atoms with Crippen molar-refractivity contribution in [1.29, 1.82) is 0 Å². The van der Waals surface area contributed by atoms with Crippen LogP contribution in [0.3, 0.4) is 0 Å². The van der Waals surface area contributed by atoms with E-state index >= 15 is 0 Å². The number of benzene rings is 1. The number of nitrogens with one attached hydrogen (secondary N) is 1. The number of ether oxygens (including phenoxy) is 1. The van der Waals surface area contributed by atoms with Gasteiger partial charge in [0, 0.05) is 18.8 Å². The highest BCUT2D eigenvalue weighted by atomic mass is 16.5. The smallest absolute Gasteiger partial charge is 0.241 e. The maximum atomic E-state index is 11.8. The monoisotopic (exact) mass is 248 g/mol. The van der Waals surface area contributed by atoms with E-state index in [1.807, 2.05) is 43.1 Å². The first kappa shape index (κ1) is 12.7. The molecule has 1 aromatic carbocycles. The molecule has 2 rings (SSSR count). The average molecular weight is 248 g/mol. The molecular weight excluding hydrogens is 228 g/mol.